The molecule has 0 aliphatic rings. The second kappa shape index (κ2) is 11.4. The highest BCUT2D eigenvalue weighted by Gasteiger charge is 1.82. The lowest BCUT2D eigenvalue weighted by molar-refractivity contribution is 0.285. The first-order valence-corrected chi connectivity index (χ1v) is 5.28. The summed E-state index contributed by atoms with van der Waals surface area (Å²) in [6, 6.07) is 0. The van der Waals surface area contributed by atoms with Crippen molar-refractivity contribution in [3.63, 3.8) is 0 Å². The van der Waals surface area contributed by atoms with Crippen molar-refractivity contribution < 1.29 is 5.11 Å². The van der Waals surface area contributed by atoms with Gasteiger partial charge in [-0.1, -0.05) is 24.3 Å². The van der Waals surface area contributed by atoms with Crippen LogP contribution in [0.2, 0.25) is 0 Å². The lowest BCUT2D eigenvalue weighted by Crippen LogP contribution is -1.80. The van der Waals surface area contributed by atoms with Crippen LogP contribution in [0.1, 0.15) is 45.4 Å². The van der Waals surface area contributed by atoms with Crippen molar-refractivity contribution in [1.29, 1.82) is 0 Å². The van der Waals surface area contributed by atoms with Crippen LogP contribution in [0.25, 0.3) is 0 Å². The van der Waals surface area contributed by atoms with E-state index in [9.17, 15) is 0 Å². The molecule has 0 saturated carbocycles. The fourth-order valence-corrected chi connectivity index (χ4v) is 1.13. The van der Waals surface area contributed by atoms with Gasteiger partial charge in [-0.2, -0.15) is 0 Å². The SMILES string of the molecule is CC=CCCCC=CCCCCO. The smallest absolute Gasteiger partial charge is 0.0431 e. The fourth-order valence-electron chi connectivity index (χ4n) is 1.13. The van der Waals surface area contributed by atoms with Crippen molar-refractivity contribution in [2.45, 2.75) is 45.4 Å². The summed E-state index contributed by atoms with van der Waals surface area (Å²) >= 11 is 0. The topological polar surface area (TPSA) is 20.2 Å². The summed E-state index contributed by atoms with van der Waals surface area (Å²) in [7, 11) is 0. The second-order valence-corrected chi connectivity index (χ2v) is 3.19. The molecule has 0 aromatic rings. The van der Waals surface area contributed by atoms with E-state index >= 15 is 0 Å². The molecule has 0 bridgehead atoms. The van der Waals surface area contributed by atoms with Gasteiger partial charge < -0.3 is 5.11 Å². The fraction of sp³-hybridized carbons (Fsp3) is 0.667. The van der Waals surface area contributed by atoms with Gasteiger partial charge in [-0.25, -0.2) is 0 Å². The van der Waals surface area contributed by atoms with Crippen LogP contribution in [0.4, 0.5) is 0 Å². The molecule has 0 rings (SSSR count). The van der Waals surface area contributed by atoms with Gasteiger partial charge in [-0.05, 0) is 45.4 Å². The Morgan fingerprint density at radius 2 is 1.46 bits per heavy atom. The average Bonchev–Trinajstić information content (AvgIpc) is 2.16. The van der Waals surface area contributed by atoms with Gasteiger partial charge in [0, 0.05) is 6.61 Å². The largest absolute Gasteiger partial charge is 0.396 e. The molecule has 0 unspecified atom stereocenters. The van der Waals surface area contributed by atoms with Crippen LogP contribution in [0.15, 0.2) is 24.3 Å². The number of rotatable bonds is 8. The highest BCUT2D eigenvalue weighted by atomic mass is 16.2. The Hall–Kier alpha value is -0.560. The molecule has 76 valence electrons. The van der Waals surface area contributed by atoms with E-state index in [-0.39, 0.29) is 0 Å². The summed E-state index contributed by atoms with van der Waals surface area (Å²) in [4.78, 5) is 0. The van der Waals surface area contributed by atoms with Crippen molar-refractivity contribution >= 4 is 0 Å². The Morgan fingerprint density at radius 3 is 2.08 bits per heavy atom. The predicted octanol–water partition coefficient (Wildman–Crippen LogP) is 3.45. The molecule has 1 nitrogen and oxygen atoms in total. The minimum atomic E-state index is 0.329. The molecule has 0 aliphatic heterocycles. The molecule has 0 saturated heterocycles. The van der Waals surface area contributed by atoms with E-state index in [1.54, 1.807) is 0 Å². The summed E-state index contributed by atoms with van der Waals surface area (Å²) in [6.45, 7) is 2.39. The summed E-state index contributed by atoms with van der Waals surface area (Å²) in [5.41, 5.74) is 0. The van der Waals surface area contributed by atoms with Gasteiger partial charge in [0.25, 0.3) is 0 Å². The minimum absolute atomic E-state index is 0.329. The molecular weight excluding hydrogens is 160 g/mol. The van der Waals surface area contributed by atoms with Gasteiger partial charge in [0.05, 0.1) is 0 Å². The van der Waals surface area contributed by atoms with Crippen LogP contribution in [0.5, 0.6) is 0 Å². The number of unbranched alkanes of at least 4 members (excludes halogenated alkanes) is 4. The first-order chi connectivity index (χ1) is 6.41. The van der Waals surface area contributed by atoms with E-state index in [0.717, 1.165) is 19.3 Å². The Balaban J connectivity index is 3.03. The molecule has 0 amide bonds. The van der Waals surface area contributed by atoms with E-state index < -0.39 is 0 Å². The van der Waals surface area contributed by atoms with Crippen LogP contribution in [0, 0.1) is 0 Å². The quantitative estimate of drug-likeness (QED) is 0.450. The maximum Gasteiger partial charge on any atom is 0.0431 e. The summed E-state index contributed by atoms with van der Waals surface area (Å²) in [6.07, 6.45) is 15.6. The second-order valence-electron chi connectivity index (χ2n) is 3.19. The normalized spacial score (nSPS) is 11.8. The van der Waals surface area contributed by atoms with Gasteiger partial charge in [0.1, 0.15) is 0 Å². The van der Waals surface area contributed by atoms with Crippen molar-refractivity contribution in [2.24, 2.45) is 0 Å². The van der Waals surface area contributed by atoms with Crippen molar-refractivity contribution in [1.82, 2.24) is 0 Å². The van der Waals surface area contributed by atoms with E-state index in [1.807, 2.05) is 0 Å². The van der Waals surface area contributed by atoms with Crippen LogP contribution in [-0.2, 0) is 0 Å². The molecule has 1 N–H and O–H groups in total. The number of hydrogen-bond acceptors (Lipinski definition) is 1. The molecule has 0 heterocycles. The summed E-state index contributed by atoms with van der Waals surface area (Å²) in [5, 5.41) is 8.53. The standard InChI is InChI=1S/C12H22O/c1-2-3-4-5-6-7-8-9-10-11-12-13/h2-3,7-8,13H,4-6,9-12H2,1H3. The Bertz CT molecular complexity index is 136. The van der Waals surface area contributed by atoms with Crippen LogP contribution in [-0.4, -0.2) is 11.7 Å². The van der Waals surface area contributed by atoms with Crippen molar-refractivity contribution in [2.75, 3.05) is 6.61 Å². The molecule has 1 heteroatoms. The Morgan fingerprint density at radius 1 is 0.846 bits per heavy atom. The molecule has 0 aromatic heterocycles. The van der Waals surface area contributed by atoms with E-state index in [4.69, 9.17) is 5.11 Å². The third-order valence-corrected chi connectivity index (χ3v) is 1.92. The van der Waals surface area contributed by atoms with Gasteiger partial charge in [0.15, 0.2) is 0 Å². The maximum atomic E-state index is 8.53. The van der Waals surface area contributed by atoms with Crippen molar-refractivity contribution in [3.8, 4) is 0 Å². The number of aliphatic hydroxyl groups excluding tert-OH is 1. The molecule has 0 radical (unpaired) electrons. The molecular formula is C12H22O. The van der Waals surface area contributed by atoms with E-state index in [1.165, 1.54) is 19.3 Å². The zero-order chi connectivity index (χ0) is 9.78. The lowest BCUT2D eigenvalue weighted by Gasteiger charge is -1.92. The average molecular weight is 182 g/mol. The zero-order valence-corrected chi connectivity index (χ0v) is 8.71. The first-order valence-electron chi connectivity index (χ1n) is 5.28. The van der Waals surface area contributed by atoms with Crippen LogP contribution >= 0.6 is 0 Å². The highest BCUT2D eigenvalue weighted by molar-refractivity contribution is 4.83. The molecule has 0 atom stereocenters. The van der Waals surface area contributed by atoms with Gasteiger partial charge >= 0.3 is 0 Å². The number of aliphatic hydroxyl groups is 1. The van der Waals surface area contributed by atoms with E-state index in [2.05, 4.69) is 31.2 Å². The van der Waals surface area contributed by atoms with Gasteiger partial charge in [0.2, 0.25) is 0 Å². The monoisotopic (exact) mass is 182 g/mol. The minimum Gasteiger partial charge on any atom is -0.396 e. The third kappa shape index (κ3) is 11.4. The lowest BCUT2D eigenvalue weighted by atomic mass is 10.2. The van der Waals surface area contributed by atoms with Crippen LogP contribution in [0.3, 0.4) is 0 Å². The van der Waals surface area contributed by atoms with Crippen molar-refractivity contribution in [3.05, 3.63) is 24.3 Å². The summed E-state index contributed by atoms with van der Waals surface area (Å²) in [5.74, 6) is 0. The Kier molecular flexibility index (Phi) is 10.9. The molecule has 0 aromatic carbocycles. The van der Waals surface area contributed by atoms with Crippen LogP contribution < -0.4 is 0 Å². The molecule has 0 spiro atoms. The zero-order valence-electron chi connectivity index (χ0n) is 8.71. The maximum absolute atomic E-state index is 8.53. The number of hydrogen-bond donors (Lipinski definition) is 1. The highest BCUT2D eigenvalue weighted by Crippen LogP contribution is 2.00. The van der Waals surface area contributed by atoms with E-state index in [0.29, 0.717) is 6.61 Å². The summed E-state index contributed by atoms with van der Waals surface area (Å²) < 4.78 is 0. The number of allylic oxidation sites excluding steroid dienone is 4. The van der Waals surface area contributed by atoms with Gasteiger partial charge in [-0.3, -0.25) is 0 Å². The van der Waals surface area contributed by atoms with Gasteiger partial charge in [-0.15, -0.1) is 0 Å². The first kappa shape index (κ1) is 12.4. The third-order valence-electron chi connectivity index (χ3n) is 1.92. The Labute approximate surface area is 82.2 Å². The predicted molar refractivity (Wildman–Crippen MR) is 58.7 cm³/mol. The molecule has 0 aliphatic carbocycles. The molecule has 0 fully saturated rings. The molecule has 13 heavy (non-hydrogen) atoms.